The van der Waals surface area contributed by atoms with Gasteiger partial charge in [-0.15, -0.1) is 0 Å². The molecule has 1 aromatic rings. The van der Waals surface area contributed by atoms with Crippen molar-refractivity contribution in [3.8, 4) is 0 Å². The summed E-state index contributed by atoms with van der Waals surface area (Å²) in [7, 11) is 0. The van der Waals surface area contributed by atoms with Crippen LogP contribution in [0.25, 0.3) is 0 Å². The lowest BCUT2D eigenvalue weighted by molar-refractivity contribution is 0.160. The van der Waals surface area contributed by atoms with Gasteiger partial charge in [0, 0.05) is 11.7 Å². The molecule has 96 valence electrons. The molecule has 0 fully saturated rings. The van der Waals surface area contributed by atoms with Gasteiger partial charge in [0.25, 0.3) is 0 Å². The van der Waals surface area contributed by atoms with Crippen molar-refractivity contribution < 1.29 is 4.79 Å². The summed E-state index contributed by atoms with van der Waals surface area (Å²) < 4.78 is 0. The summed E-state index contributed by atoms with van der Waals surface area (Å²) in [4.78, 5) is 14.1. The highest BCUT2D eigenvalue weighted by Gasteiger charge is 2.33. The van der Waals surface area contributed by atoms with Crippen LogP contribution in [-0.2, 0) is 0 Å². The number of hydrogen-bond donors (Lipinski definition) is 1. The third-order valence-corrected chi connectivity index (χ3v) is 3.48. The second-order valence-electron chi connectivity index (χ2n) is 5.05. The zero-order valence-electron chi connectivity index (χ0n) is 11.4. The Morgan fingerprint density at radius 3 is 2.33 bits per heavy atom. The quantitative estimate of drug-likeness (QED) is 0.849. The zero-order chi connectivity index (χ0) is 13.3. The van der Waals surface area contributed by atoms with Crippen LogP contribution >= 0.6 is 0 Å². The van der Waals surface area contributed by atoms with E-state index in [1.807, 2.05) is 43.9 Å². The van der Waals surface area contributed by atoms with Gasteiger partial charge >= 0.3 is 6.03 Å². The standard InChI is InChI=1S/C15H20N2O/c1-10(2)17-14(13-8-6-5-7-9-13)11(3)12(4)16-15(17)18/h5-10,14H,1-4H3,(H,16,18)/t14-/m1/s1. The molecule has 0 saturated heterocycles. The summed E-state index contributed by atoms with van der Waals surface area (Å²) in [6.45, 7) is 8.13. The van der Waals surface area contributed by atoms with Crippen LogP contribution in [0.4, 0.5) is 4.79 Å². The van der Waals surface area contributed by atoms with Gasteiger partial charge < -0.3 is 10.2 Å². The topological polar surface area (TPSA) is 32.3 Å². The van der Waals surface area contributed by atoms with E-state index in [9.17, 15) is 4.79 Å². The van der Waals surface area contributed by atoms with Crippen molar-refractivity contribution in [1.29, 1.82) is 0 Å². The zero-order valence-corrected chi connectivity index (χ0v) is 11.4. The van der Waals surface area contributed by atoms with E-state index in [2.05, 4.69) is 24.4 Å². The van der Waals surface area contributed by atoms with Crippen LogP contribution in [0.1, 0.15) is 39.3 Å². The first-order valence-electron chi connectivity index (χ1n) is 6.34. The molecular formula is C15H20N2O. The molecule has 1 aliphatic heterocycles. The number of carbonyl (C=O) groups is 1. The number of benzene rings is 1. The number of nitrogens with one attached hydrogen (secondary N) is 1. The van der Waals surface area contributed by atoms with Gasteiger partial charge in [0.05, 0.1) is 6.04 Å². The van der Waals surface area contributed by atoms with Gasteiger partial charge in [-0.2, -0.15) is 0 Å². The molecule has 0 aromatic heterocycles. The molecule has 1 N–H and O–H groups in total. The Labute approximate surface area is 108 Å². The van der Waals surface area contributed by atoms with Gasteiger partial charge in [-0.25, -0.2) is 4.79 Å². The molecule has 0 saturated carbocycles. The average molecular weight is 244 g/mol. The molecule has 0 spiro atoms. The molecule has 0 radical (unpaired) electrons. The number of urea groups is 1. The molecule has 1 aliphatic rings. The summed E-state index contributed by atoms with van der Waals surface area (Å²) in [6.07, 6.45) is 0. The van der Waals surface area contributed by atoms with Crippen LogP contribution < -0.4 is 5.32 Å². The van der Waals surface area contributed by atoms with E-state index in [-0.39, 0.29) is 18.1 Å². The molecular weight excluding hydrogens is 224 g/mol. The molecule has 0 bridgehead atoms. The number of rotatable bonds is 2. The van der Waals surface area contributed by atoms with Crippen LogP contribution in [0.2, 0.25) is 0 Å². The predicted octanol–water partition coefficient (Wildman–Crippen LogP) is 3.46. The lowest BCUT2D eigenvalue weighted by Gasteiger charge is -2.40. The normalized spacial score (nSPS) is 20.4. The Kier molecular flexibility index (Phi) is 3.41. The van der Waals surface area contributed by atoms with Crippen molar-refractivity contribution in [1.82, 2.24) is 10.2 Å². The van der Waals surface area contributed by atoms with E-state index in [1.54, 1.807) is 0 Å². The molecule has 1 aromatic carbocycles. The molecule has 2 rings (SSSR count). The molecule has 2 amide bonds. The van der Waals surface area contributed by atoms with E-state index in [0.717, 1.165) is 11.3 Å². The first-order valence-corrected chi connectivity index (χ1v) is 6.34. The highest BCUT2D eigenvalue weighted by Crippen LogP contribution is 2.34. The summed E-state index contributed by atoms with van der Waals surface area (Å²) in [5, 5.41) is 2.93. The fourth-order valence-electron chi connectivity index (χ4n) is 2.43. The van der Waals surface area contributed by atoms with Gasteiger partial charge in [0.15, 0.2) is 0 Å². The van der Waals surface area contributed by atoms with E-state index in [0.29, 0.717) is 0 Å². The van der Waals surface area contributed by atoms with Gasteiger partial charge in [0.2, 0.25) is 0 Å². The molecule has 0 aliphatic carbocycles. The smallest absolute Gasteiger partial charge is 0.312 e. The maximum Gasteiger partial charge on any atom is 0.322 e. The highest BCUT2D eigenvalue weighted by atomic mass is 16.2. The Bertz CT molecular complexity index is 477. The predicted molar refractivity (Wildman–Crippen MR) is 73.1 cm³/mol. The van der Waals surface area contributed by atoms with Crippen LogP contribution in [0, 0.1) is 0 Å². The van der Waals surface area contributed by atoms with Crippen molar-refractivity contribution in [3.05, 3.63) is 47.2 Å². The van der Waals surface area contributed by atoms with E-state index in [4.69, 9.17) is 0 Å². The van der Waals surface area contributed by atoms with Crippen molar-refractivity contribution in [2.45, 2.75) is 39.8 Å². The largest absolute Gasteiger partial charge is 0.322 e. The second-order valence-corrected chi connectivity index (χ2v) is 5.05. The average Bonchev–Trinajstić information content (AvgIpc) is 2.34. The monoisotopic (exact) mass is 244 g/mol. The van der Waals surface area contributed by atoms with Gasteiger partial charge in [-0.3, -0.25) is 0 Å². The van der Waals surface area contributed by atoms with E-state index < -0.39 is 0 Å². The maximum atomic E-state index is 12.2. The Morgan fingerprint density at radius 2 is 1.78 bits per heavy atom. The van der Waals surface area contributed by atoms with Crippen LogP contribution in [0.5, 0.6) is 0 Å². The number of amides is 2. The molecule has 18 heavy (non-hydrogen) atoms. The number of nitrogens with zero attached hydrogens (tertiary/aromatic N) is 1. The molecule has 3 heteroatoms. The Balaban J connectivity index is 2.51. The minimum atomic E-state index is -0.0121. The van der Waals surface area contributed by atoms with Crippen molar-refractivity contribution in [2.75, 3.05) is 0 Å². The fourth-order valence-corrected chi connectivity index (χ4v) is 2.43. The Morgan fingerprint density at radius 1 is 1.17 bits per heavy atom. The van der Waals surface area contributed by atoms with E-state index >= 15 is 0 Å². The minimum Gasteiger partial charge on any atom is -0.312 e. The van der Waals surface area contributed by atoms with Crippen molar-refractivity contribution >= 4 is 6.03 Å². The summed E-state index contributed by atoms with van der Waals surface area (Å²) >= 11 is 0. The lowest BCUT2D eigenvalue weighted by Crippen LogP contribution is -2.49. The molecule has 1 heterocycles. The van der Waals surface area contributed by atoms with Crippen molar-refractivity contribution in [3.63, 3.8) is 0 Å². The number of hydrogen-bond acceptors (Lipinski definition) is 1. The highest BCUT2D eigenvalue weighted by molar-refractivity contribution is 5.79. The van der Waals surface area contributed by atoms with Gasteiger partial charge in [-0.05, 0) is 38.8 Å². The number of carbonyl (C=O) groups excluding carboxylic acids is 1. The second kappa shape index (κ2) is 4.84. The molecule has 0 unspecified atom stereocenters. The first kappa shape index (κ1) is 12.7. The van der Waals surface area contributed by atoms with Crippen LogP contribution in [0.3, 0.4) is 0 Å². The molecule has 3 nitrogen and oxygen atoms in total. The Hall–Kier alpha value is -1.77. The molecule has 1 atom stereocenters. The summed E-state index contributed by atoms with van der Waals surface area (Å²) in [6, 6.07) is 10.4. The minimum absolute atomic E-state index is 0.0121. The third kappa shape index (κ3) is 2.13. The fraction of sp³-hybridized carbons (Fsp3) is 0.400. The SMILES string of the molecule is CC1=C(C)[C@H](c2ccccc2)N(C(C)C)C(=O)N1. The first-order chi connectivity index (χ1) is 8.52. The van der Waals surface area contributed by atoms with Crippen LogP contribution in [0.15, 0.2) is 41.6 Å². The summed E-state index contributed by atoms with van der Waals surface area (Å²) in [5.74, 6) is 0. The summed E-state index contributed by atoms with van der Waals surface area (Å²) in [5.41, 5.74) is 3.33. The van der Waals surface area contributed by atoms with Gasteiger partial charge in [-0.1, -0.05) is 30.3 Å². The van der Waals surface area contributed by atoms with Crippen LogP contribution in [-0.4, -0.2) is 17.0 Å². The maximum absolute atomic E-state index is 12.2. The van der Waals surface area contributed by atoms with Gasteiger partial charge in [0.1, 0.15) is 0 Å². The third-order valence-electron chi connectivity index (χ3n) is 3.48. The lowest BCUT2D eigenvalue weighted by atomic mass is 9.94. The number of allylic oxidation sites excluding steroid dienone is 1. The van der Waals surface area contributed by atoms with E-state index in [1.165, 1.54) is 5.57 Å². The van der Waals surface area contributed by atoms with Crippen molar-refractivity contribution in [2.24, 2.45) is 0 Å².